The summed E-state index contributed by atoms with van der Waals surface area (Å²) in [6.45, 7) is 0. The minimum atomic E-state index is -2.58. The van der Waals surface area contributed by atoms with Gasteiger partial charge in [-0.15, -0.1) is 0 Å². The number of methoxy groups -OCH3 is 2. The van der Waals surface area contributed by atoms with Gasteiger partial charge in [0, 0.05) is 0 Å². The molecule has 2 fully saturated rings. The van der Waals surface area contributed by atoms with E-state index in [1.807, 2.05) is 0 Å². The van der Waals surface area contributed by atoms with Crippen molar-refractivity contribution in [2.24, 2.45) is 0 Å². The van der Waals surface area contributed by atoms with Crippen molar-refractivity contribution in [1.29, 1.82) is 0 Å². The molecule has 2 aliphatic carbocycles. The van der Waals surface area contributed by atoms with E-state index in [1.54, 1.807) is 14.2 Å². The summed E-state index contributed by atoms with van der Waals surface area (Å²) in [6, 6.07) is 0. The van der Waals surface area contributed by atoms with Gasteiger partial charge in [0.25, 0.3) is 0 Å². The number of rotatable bonds is 4. The molecule has 5 heteroatoms. The van der Waals surface area contributed by atoms with E-state index in [9.17, 15) is 0 Å². The molecule has 0 N–H and O–H groups in total. The topological polar surface area (TPSA) is 18.5 Å². The Hall–Kier alpha value is 1.02. The Balaban J connectivity index is 2.13. The van der Waals surface area contributed by atoms with Gasteiger partial charge in [-0.1, -0.05) is 0 Å². The van der Waals surface area contributed by atoms with Crippen LogP contribution in [0.4, 0.5) is 0 Å². The van der Waals surface area contributed by atoms with Gasteiger partial charge in [-0.05, 0) is 0 Å². The van der Waals surface area contributed by atoms with Gasteiger partial charge < -0.3 is 0 Å². The van der Waals surface area contributed by atoms with Crippen LogP contribution in [0.5, 0.6) is 0 Å². The molecule has 0 amide bonds. The Bertz CT molecular complexity index is 263. The summed E-state index contributed by atoms with van der Waals surface area (Å²) in [6.07, 6.45) is 10.0. The van der Waals surface area contributed by atoms with E-state index in [2.05, 4.69) is 0 Å². The van der Waals surface area contributed by atoms with E-state index in [4.69, 9.17) is 29.7 Å². The number of hydrogen-bond acceptors (Lipinski definition) is 2. The van der Waals surface area contributed by atoms with Crippen LogP contribution < -0.4 is 0 Å². The van der Waals surface area contributed by atoms with Gasteiger partial charge in [-0.3, -0.25) is 0 Å². The maximum absolute atomic E-state index is 7.00. The maximum atomic E-state index is 7.00. The van der Waals surface area contributed by atoms with Gasteiger partial charge in [0.2, 0.25) is 0 Å². The van der Waals surface area contributed by atoms with Gasteiger partial charge in [0.1, 0.15) is 0 Å². The van der Waals surface area contributed by atoms with E-state index >= 15 is 0 Å². The Morgan fingerprint density at radius 2 is 1.11 bits per heavy atom. The predicted molar refractivity (Wildman–Crippen MR) is 83.5 cm³/mol. The third-order valence-corrected chi connectivity index (χ3v) is 15.1. The molecule has 2 aliphatic rings. The first-order valence-corrected chi connectivity index (χ1v) is 13.8. The van der Waals surface area contributed by atoms with Crippen molar-refractivity contribution in [3.63, 3.8) is 0 Å². The van der Waals surface area contributed by atoms with Crippen molar-refractivity contribution < 1.29 is 9.47 Å². The molecule has 0 heterocycles. The van der Waals surface area contributed by atoms with E-state index in [0.717, 1.165) is 25.7 Å². The molecular weight excluding hydrogens is 350 g/mol. The van der Waals surface area contributed by atoms with Gasteiger partial charge in [0.05, 0.1) is 0 Å². The summed E-state index contributed by atoms with van der Waals surface area (Å²) >= 11 is -2.58. The molecule has 0 bridgehead atoms. The minimum absolute atomic E-state index is 0.267. The molecule has 0 spiro atoms. The fraction of sp³-hybridized carbons (Fsp3) is 1.00. The monoisotopic (exact) mass is 376 g/mol. The van der Waals surface area contributed by atoms with E-state index in [1.165, 1.54) is 25.7 Å². The van der Waals surface area contributed by atoms with Crippen molar-refractivity contribution in [2.75, 3.05) is 14.2 Å². The third kappa shape index (κ3) is 3.62. The van der Waals surface area contributed by atoms with Crippen LogP contribution in [0.15, 0.2) is 0 Å². The molecule has 0 radical (unpaired) electrons. The quantitative estimate of drug-likeness (QED) is 0.655. The van der Waals surface area contributed by atoms with Crippen LogP contribution in [-0.2, 0) is 9.47 Å². The van der Waals surface area contributed by atoms with E-state index in [-0.39, 0.29) is 12.2 Å². The fourth-order valence-corrected chi connectivity index (χ4v) is 13.5. The molecule has 4 unspecified atom stereocenters. The second kappa shape index (κ2) is 7.33. The van der Waals surface area contributed by atoms with Crippen LogP contribution in [0.25, 0.3) is 0 Å². The van der Waals surface area contributed by atoms with Crippen LogP contribution in [0.1, 0.15) is 51.4 Å². The third-order valence-electron chi connectivity index (χ3n) is 4.70. The second-order valence-electron chi connectivity index (χ2n) is 5.74. The summed E-state index contributed by atoms with van der Waals surface area (Å²) in [5.74, 6) is 0. The second-order valence-corrected chi connectivity index (χ2v) is 16.7. The molecular formula is C14H26Cl2O2Se. The van der Waals surface area contributed by atoms with Crippen LogP contribution in [0.2, 0.25) is 9.63 Å². The Kier molecular flexibility index (Phi) is 6.33. The van der Waals surface area contributed by atoms with Gasteiger partial charge in [-0.25, -0.2) is 0 Å². The molecule has 0 aromatic rings. The standard InChI is InChI=1S/C14H26Cl2O2Se/c1-17-11-7-3-5-9-13(11)19(15,16)14-10-6-4-8-12(14)18-2/h11-14H,3-10H2,1-2H3. The van der Waals surface area contributed by atoms with E-state index < -0.39 is 11.0 Å². The summed E-state index contributed by atoms with van der Waals surface area (Å²) in [7, 11) is 17.6. The van der Waals surface area contributed by atoms with Crippen molar-refractivity contribution in [3.8, 4) is 0 Å². The van der Waals surface area contributed by atoms with Crippen LogP contribution in [0.3, 0.4) is 0 Å². The number of halogens is 2. The molecule has 0 saturated heterocycles. The summed E-state index contributed by atoms with van der Waals surface area (Å²) < 4.78 is 11.4. The zero-order valence-corrected chi connectivity index (χ0v) is 15.2. The van der Waals surface area contributed by atoms with Crippen LogP contribution >= 0.6 is 20.2 Å². The van der Waals surface area contributed by atoms with Gasteiger partial charge >= 0.3 is 128 Å². The number of ether oxygens (including phenoxy) is 2. The molecule has 0 aromatic carbocycles. The Morgan fingerprint density at radius 1 is 0.737 bits per heavy atom. The molecule has 2 rings (SSSR count). The number of hydrogen-bond donors (Lipinski definition) is 0. The molecule has 0 aliphatic heterocycles. The molecule has 4 atom stereocenters. The summed E-state index contributed by atoms with van der Waals surface area (Å²) in [5, 5.41) is 0. The SMILES string of the molecule is COC1CCCCC1[Se](Cl)(Cl)C1CCCCC1OC. The molecule has 2 saturated carbocycles. The van der Waals surface area contributed by atoms with E-state index in [0.29, 0.717) is 9.63 Å². The van der Waals surface area contributed by atoms with Crippen molar-refractivity contribution in [1.82, 2.24) is 0 Å². The van der Waals surface area contributed by atoms with Crippen molar-refractivity contribution in [3.05, 3.63) is 0 Å². The zero-order valence-electron chi connectivity index (χ0n) is 11.9. The predicted octanol–water partition coefficient (Wildman–Crippen LogP) is 4.82. The average Bonchev–Trinajstić information content (AvgIpc) is 2.47. The fourth-order valence-electron chi connectivity index (χ4n) is 3.61. The molecule has 19 heavy (non-hydrogen) atoms. The molecule has 114 valence electrons. The molecule has 0 aromatic heterocycles. The zero-order chi connectivity index (χ0) is 13.9. The van der Waals surface area contributed by atoms with Crippen LogP contribution in [-0.4, -0.2) is 37.4 Å². The Morgan fingerprint density at radius 3 is 1.47 bits per heavy atom. The van der Waals surface area contributed by atoms with Crippen molar-refractivity contribution in [2.45, 2.75) is 73.2 Å². The average molecular weight is 376 g/mol. The first-order chi connectivity index (χ1) is 9.11. The van der Waals surface area contributed by atoms with Gasteiger partial charge in [-0.2, -0.15) is 0 Å². The molecule has 2 nitrogen and oxygen atoms in total. The van der Waals surface area contributed by atoms with Crippen LogP contribution in [0, 0.1) is 0 Å². The van der Waals surface area contributed by atoms with Gasteiger partial charge in [0.15, 0.2) is 0 Å². The first kappa shape index (κ1) is 16.4. The Labute approximate surface area is 128 Å². The summed E-state index contributed by atoms with van der Waals surface area (Å²) in [5.41, 5.74) is 0. The normalized spacial score (nSPS) is 38.1. The summed E-state index contributed by atoms with van der Waals surface area (Å²) in [4.78, 5) is 0.776. The first-order valence-electron chi connectivity index (χ1n) is 7.37. The van der Waals surface area contributed by atoms with Crippen molar-refractivity contribution >= 4 is 31.2 Å².